The molecule has 0 aliphatic carbocycles. The smallest absolute Gasteiger partial charge is 0.159 e. The maximum absolute atomic E-state index is 12.3. The Balaban J connectivity index is 2.75. The van der Waals surface area contributed by atoms with Crippen molar-refractivity contribution in [2.24, 2.45) is 41.2 Å². The SMILES string of the molecule is C=C/C=C\C(C)C(CC(=C)N)C(C)C(O)C(C)C/C(C)=C\C(C)C(O)C(C)/C=C\C(=O)Cc1ccccc1. The first-order chi connectivity index (χ1) is 17.9. The molecule has 0 spiro atoms. The maximum atomic E-state index is 12.3. The second kappa shape index (κ2) is 17.0. The van der Waals surface area contributed by atoms with Crippen molar-refractivity contribution in [3.05, 3.63) is 96.8 Å². The maximum Gasteiger partial charge on any atom is 0.159 e. The number of carbonyl (C=O) groups is 1. The molecule has 8 unspecified atom stereocenters. The fourth-order valence-corrected chi connectivity index (χ4v) is 5.27. The lowest BCUT2D eigenvalue weighted by Crippen LogP contribution is -2.34. The number of ketones is 1. The Morgan fingerprint density at radius 3 is 2.16 bits per heavy atom. The van der Waals surface area contributed by atoms with Crippen molar-refractivity contribution in [1.82, 2.24) is 0 Å². The van der Waals surface area contributed by atoms with Crippen LogP contribution in [0.25, 0.3) is 0 Å². The molecular formula is C34H51NO3. The van der Waals surface area contributed by atoms with Crippen LogP contribution in [0, 0.1) is 35.5 Å². The summed E-state index contributed by atoms with van der Waals surface area (Å²) >= 11 is 0. The highest BCUT2D eigenvalue weighted by molar-refractivity contribution is 5.91. The lowest BCUT2D eigenvalue weighted by molar-refractivity contribution is -0.114. The van der Waals surface area contributed by atoms with Crippen LogP contribution >= 0.6 is 0 Å². The molecule has 38 heavy (non-hydrogen) atoms. The number of rotatable bonds is 17. The monoisotopic (exact) mass is 521 g/mol. The molecule has 4 heteroatoms. The molecule has 0 saturated carbocycles. The lowest BCUT2D eigenvalue weighted by atomic mass is 9.74. The largest absolute Gasteiger partial charge is 0.403 e. The van der Waals surface area contributed by atoms with Gasteiger partial charge in [-0.15, -0.1) is 0 Å². The van der Waals surface area contributed by atoms with E-state index in [9.17, 15) is 15.0 Å². The van der Waals surface area contributed by atoms with Gasteiger partial charge in [-0.1, -0.05) is 114 Å². The Morgan fingerprint density at radius 1 is 0.947 bits per heavy atom. The minimum absolute atomic E-state index is 0.0253. The van der Waals surface area contributed by atoms with E-state index in [1.54, 1.807) is 18.2 Å². The number of hydrogen-bond donors (Lipinski definition) is 3. The van der Waals surface area contributed by atoms with Crippen LogP contribution in [-0.4, -0.2) is 28.2 Å². The molecule has 0 heterocycles. The average Bonchev–Trinajstić information content (AvgIpc) is 2.87. The fourth-order valence-electron chi connectivity index (χ4n) is 5.27. The Labute approximate surface area is 231 Å². The molecule has 0 aromatic heterocycles. The number of allylic oxidation sites excluding steroid dienone is 6. The van der Waals surface area contributed by atoms with Crippen molar-refractivity contribution < 1.29 is 15.0 Å². The van der Waals surface area contributed by atoms with Crippen LogP contribution in [0.5, 0.6) is 0 Å². The number of carbonyl (C=O) groups excluding carboxylic acids is 1. The molecule has 4 nitrogen and oxygen atoms in total. The van der Waals surface area contributed by atoms with E-state index in [-0.39, 0.29) is 41.3 Å². The van der Waals surface area contributed by atoms with E-state index in [4.69, 9.17) is 5.73 Å². The summed E-state index contributed by atoms with van der Waals surface area (Å²) in [6, 6.07) is 9.66. The zero-order valence-electron chi connectivity index (χ0n) is 24.4. The van der Waals surface area contributed by atoms with Crippen molar-refractivity contribution in [2.45, 2.75) is 73.0 Å². The van der Waals surface area contributed by atoms with E-state index in [0.29, 0.717) is 18.5 Å². The molecule has 0 fully saturated rings. The predicted octanol–water partition coefficient (Wildman–Crippen LogP) is 6.81. The van der Waals surface area contributed by atoms with E-state index in [1.165, 1.54) is 0 Å². The van der Waals surface area contributed by atoms with E-state index in [1.807, 2.05) is 50.3 Å². The Hall–Kier alpha value is -2.69. The molecule has 0 amide bonds. The summed E-state index contributed by atoms with van der Waals surface area (Å²) in [6.07, 6.45) is 11.9. The van der Waals surface area contributed by atoms with Gasteiger partial charge in [0.15, 0.2) is 5.78 Å². The van der Waals surface area contributed by atoms with Crippen LogP contribution in [0.15, 0.2) is 91.2 Å². The zero-order chi connectivity index (χ0) is 28.8. The molecule has 0 bridgehead atoms. The third kappa shape index (κ3) is 11.8. The van der Waals surface area contributed by atoms with Gasteiger partial charge in [0.1, 0.15) is 0 Å². The Morgan fingerprint density at radius 2 is 1.58 bits per heavy atom. The molecule has 0 aliphatic heterocycles. The van der Waals surface area contributed by atoms with Crippen LogP contribution < -0.4 is 5.73 Å². The minimum Gasteiger partial charge on any atom is -0.403 e. The van der Waals surface area contributed by atoms with Gasteiger partial charge in [-0.05, 0) is 55.1 Å². The molecule has 210 valence electrons. The Kier molecular flexibility index (Phi) is 14.9. The quantitative estimate of drug-likeness (QED) is 0.119. The van der Waals surface area contributed by atoms with Crippen LogP contribution in [0.2, 0.25) is 0 Å². The number of aliphatic hydroxyl groups is 2. The summed E-state index contributed by atoms with van der Waals surface area (Å²) in [4.78, 5) is 12.3. The van der Waals surface area contributed by atoms with Crippen LogP contribution in [0.4, 0.5) is 0 Å². The summed E-state index contributed by atoms with van der Waals surface area (Å²) in [6.45, 7) is 19.9. The van der Waals surface area contributed by atoms with Crippen LogP contribution in [0.1, 0.15) is 59.9 Å². The van der Waals surface area contributed by atoms with E-state index < -0.39 is 12.2 Å². The topological polar surface area (TPSA) is 83.6 Å². The number of aliphatic hydroxyl groups excluding tert-OH is 2. The first-order valence-electron chi connectivity index (χ1n) is 13.9. The molecule has 4 N–H and O–H groups in total. The third-order valence-electron chi connectivity index (χ3n) is 7.60. The highest BCUT2D eigenvalue weighted by Gasteiger charge is 2.31. The molecule has 0 saturated heterocycles. The van der Waals surface area contributed by atoms with Gasteiger partial charge in [-0.2, -0.15) is 0 Å². The van der Waals surface area contributed by atoms with Crippen molar-refractivity contribution in [2.75, 3.05) is 0 Å². The molecule has 0 radical (unpaired) electrons. The average molecular weight is 522 g/mol. The summed E-state index contributed by atoms with van der Waals surface area (Å²) < 4.78 is 0. The summed E-state index contributed by atoms with van der Waals surface area (Å²) in [7, 11) is 0. The van der Waals surface area contributed by atoms with E-state index in [0.717, 1.165) is 17.6 Å². The summed E-state index contributed by atoms with van der Waals surface area (Å²) in [5.74, 6) is 0.253. The first-order valence-corrected chi connectivity index (χ1v) is 13.9. The molecule has 8 atom stereocenters. The molecule has 1 rings (SSSR count). The first kappa shape index (κ1) is 33.3. The van der Waals surface area contributed by atoms with Gasteiger partial charge < -0.3 is 15.9 Å². The lowest BCUT2D eigenvalue weighted by Gasteiger charge is -2.34. The normalized spacial score (nSPS) is 18.9. The van der Waals surface area contributed by atoms with Gasteiger partial charge in [0, 0.05) is 24.0 Å². The molecule has 1 aromatic rings. The van der Waals surface area contributed by atoms with Crippen molar-refractivity contribution >= 4 is 5.78 Å². The van der Waals surface area contributed by atoms with Gasteiger partial charge in [-0.3, -0.25) is 4.79 Å². The highest BCUT2D eigenvalue weighted by Crippen LogP contribution is 2.34. The van der Waals surface area contributed by atoms with Gasteiger partial charge in [-0.25, -0.2) is 0 Å². The van der Waals surface area contributed by atoms with Crippen molar-refractivity contribution in [3.8, 4) is 0 Å². The van der Waals surface area contributed by atoms with Gasteiger partial charge in [0.25, 0.3) is 0 Å². The van der Waals surface area contributed by atoms with E-state index in [2.05, 4.69) is 53.0 Å². The Bertz CT molecular complexity index is 961. The van der Waals surface area contributed by atoms with Gasteiger partial charge in [0.2, 0.25) is 0 Å². The second-order valence-electron chi connectivity index (χ2n) is 11.2. The fraction of sp³-hybridized carbons (Fsp3) is 0.500. The number of benzene rings is 1. The highest BCUT2D eigenvalue weighted by atomic mass is 16.3. The summed E-state index contributed by atoms with van der Waals surface area (Å²) in [5.41, 5.74) is 8.70. The van der Waals surface area contributed by atoms with Crippen LogP contribution in [-0.2, 0) is 11.2 Å². The predicted molar refractivity (Wildman–Crippen MR) is 161 cm³/mol. The second-order valence-corrected chi connectivity index (χ2v) is 11.2. The van der Waals surface area contributed by atoms with Gasteiger partial charge >= 0.3 is 0 Å². The number of hydrogen-bond acceptors (Lipinski definition) is 4. The van der Waals surface area contributed by atoms with Crippen molar-refractivity contribution in [1.29, 1.82) is 0 Å². The zero-order valence-corrected chi connectivity index (χ0v) is 24.4. The van der Waals surface area contributed by atoms with Gasteiger partial charge in [0.05, 0.1) is 12.2 Å². The molecule has 0 aliphatic rings. The molecule has 1 aromatic carbocycles. The summed E-state index contributed by atoms with van der Waals surface area (Å²) in [5, 5.41) is 22.1. The standard InChI is InChI=1S/C34H51NO3/c1-9-10-14-24(3)32(21-28(7)35)29(8)34(38)27(6)20-23(2)19-26(5)33(37)25(4)17-18-31(36)22-30-15-12-11-13-16-30/h9-19,24-27,29,32-34,37-38H,1,7,20-22,35H2,2-6,8H3/b14-10-,18-17-,23-19-. The van der Waals surface area contributed by atoms with Crippen molar-refractivity contribution in [3.63, 3.8) is 0 Å². The number of nitrogens with two attached hydrogens (primary N) is 1. The van der Waals surface area contributed by atoms with Crippen LogP contribution in [0.3, 0.4) is 0 Å². The van der Waals surface area contributed by atoms with E-state index >= 15 is 0 Å². The minimum atomic E-state index is -0.609. The molecular weight excluding hydrogens is 470 g/mol. The third-order valence-corrected chi connectivity index (χ3v) is 7.60.